The number of ether oxygens (including phenoxy) is 2. The molecule has 0 aliphatic heterocycles. The molecule has 3 rings (SSSR count). The van der Waals surface area contributed by atoms with Crippen LogP contribution in [0, 0.1) is 0 Å². The average Bonchev–Trinajstić information content (AvgIpc) is 2.83. The summed E-state index contributed by atoms with van der Waals surface area (Å²) in [7, 11) is 1.32. The van der Waals surface area contributed by atoms with Crippen molar-refractivity contribution >= 4 is 17.8 Å². The van der Waals surface area contributed by atoms with Crippen LogP contribution in [-0.2, 0) is 20.9 Å². The van der Waals surface area contributed by atoms with Crippen molar-refractivity contribution in [1.82, 2.24) is 5.32 Å². The van der Waals surface area contributed by atoms with Gasteiger partial charge in [0.25, 0.3) is 5.91 Å². The van der Waals surface area contributed by atoms with E-state index in [1.165, 1.54) is 7.11 Å². The first-order valence-electron chi connectivity index (χ1n) is 9.80. The molecule has 1 atom stereocenters. The van der Waals surface area contributed by atoms with E-state index in [0.717, 1.165) is 11.1 Å². The summed E-state index contributed by atoms with van der Waals surface area (Å²) in [5.74, 6) is -1.14. The van der Waals surface area contributed by atoms with Crippen molar-refractivity contribution in [2.75, 3.05) is 7.11 Å². The van der Waals surface area contributed by atoms with Gasteiger partial charge >= 0.3 is 11.9 Å². The molecule has 6 heteroatoms. The lowest BCUT2D eigenvalue weighted by atomic mass is 10.0. The van der Waals surface area contributed by atoms with E-state index in [0.29, 0.717) is 11.1 Å². The van der Waals surface area contributed by atoms with Crippen LogP contribution in [0.4, 0.5) is 0 Å². The van der Waals surface area contributed by atoms with Crippen molar-refractivity contribution in [2.45, 2.75) is 19.1 Å². The Labute approximate surface area is 180 Å². The average molecular weight is 417 g/mol. The maximum atomic E-state index is 12.6. The second-order valence-corrected chi connectivity index (χ2v) is 6.86. The molecule has 1 unspecified atom stereocenters. The maximum Gasteiger partial charge on any atom is 0.337 e. The van der Waals surface area contributed by atoms with E-state index in [2.05, 4.69) is 10.1 Å². The van der Waals surface area contributed by atoms with Crippen LogP contribution in [0.2, 0.25) is 0 Å². The Bertz CT molecular complexity index is 1020. The smallest absolute Gasteiger partial charge is 0.337 e. The topological polar surface area (TPSA) is 81.7 Å². The maximum absolute atomic E-state index is 12.6. The molecule has 0 spiro atoms. The van der Waals surface area contributed by atoms with Gasteiger partial charge in [-0.15, -0.1) is 0 Å². The summed E-state index contributed by atoms with van der Waals surface area (Å²) in [5, 5.41) is 2.91. The number of carbonyl (C=O) groups excluding carboxylic acids is 3. The third-order valence-electron chi connectivity index (χ3n) is 4.69. The Kier molecular flexibility index (Phi) is 7.54. The van der Waals surface area contributed by atoms with E-state index in [-0.39, 0.29) is 18.9 Å². The van der Waals surface area contributed by atoms with E-state index < -0.39 is 18.0 Å². The van der Waals surface area contributed by atoms with Gasteiger partial charge in [0.15, 0.2) is 0 Å². The van der Waals surface area contributed by atoms with E-state index >= 15 is 0 Å². The minimum absolute atomic E-state index is 0.0111. The normalized spacial score (nSPS) is 11.3. The van der Waals surface area contributed by atoms with Gasteiger partial charge in [0.2, 0.25) is 0 Å². The summed E-state index contributed by atoms with van der Waals surface area (Å²) in [6, 6.07) is 24.2. The molecule has 0 saturated heterocycles. The van der Waals surface area contributed by atoms with Gasteiger partial charge in [0.05, 0.1) is 25.1 Å². The summed E-state index contributed by atoms with van der Waals surface area (Å²) in [6.45, 7) is 0.0639. The minimum atomic E-state index is -0.525. The predicted octanol–water partition coefficient (Wildman–Crippen LogP) is 4.08. The van der Waals surface area contributed by atoms with Crippen LogP contribution in [0.1, 0.15) is 44.3 Å². The van der Waals surface area contributed by atoms with Crippen molar-refractivity contribution in [3.63, 3.8) is 0 Å². The first-order valence-corrected chi connectivity index (χ1v) is 9.80. The van der Waals surface area contributed by atoms with Crippen LogP contribution in [0.15, 0.2) is 84.9 Å². The quantitative estimate of drug-likeness (QED) is 0.559. The lowest BCUT2D eigenvalue weighted by molar-refractivity contribution is -0.145. The van der Waals surface area contributed by atoms with Crippen molar-refractivity contribution in [2.24, 2.45) is 0 Å². The van der Waals surface area contributed by atoms with Crippen LogP contribution in [0.25, 0.3) is 0 Å². The first-order chi connectivity index (χ1) is 15.1. The molecule has 6 nitrogen and oxygen atoms in total. The summed E-state index contributed by atoms with van der Waals surface area (Å²) < 4.78 is 10.1. The molecular weight excluding hydrogens is 394 g/mol. The molecule has 0 bridgehead atoms. The molecular formula is C25H23NO5. The molecule has 0 aromatic heterocycles. The molecule has 158 valence electrons. The number of hydrogen-bond donors (Lipinski definition) is 1. The number of hydrogen-bond acceptors (Lipinski definition) is 5. The zero-order valence-electron chi connectivity index (χ0n) is 17.1. The van der Waals surface area contributed by atoms with Crippen molar-refractivity contribution in [3.05, 3.63) is 107 Å². The molecule has 0 fully saturated rings. The Balaban J connectivity index is 1.63. The number of benzene rings is 3. The SMILES string of the molecule is COC(=O)c1ccc(COC(=O)CC(NC(=O)c2ccccc2)c2ccccc2)cc1. The van der Waals surface area contributed by atoms with Crippen molar-refractivity contribution in [1.29, 1.82) is 0 Å². The van der Waals surface area contributed by atoms with E-state index in [1.54, 1.807) is 48.5 Å². The van der Waals surface area contributed by atoms with Gasteiger partial charge in [-0.1, -0.05) is 60.7 Å². The fraction of sp³-hybridized carbons (Fsp3) is 0.160. The zero-order valence-corrected chi connectivity index (χ0v) is 17.1. The lowest BCUT2D eigenvalue weighted by Gasteiger charge is -2.19. The monoisotopic (exact) mass is 417 g/mol. The molecule has 0 aliphatic rings. The van der Waals surface area contributed by atoms with Gasteiger partial charge < -0.3 is 14.8 Å². The summed E-state index contributed by atoms with van der Waals surface area (Å²) >= 11 is 0. The molecule has 0 saturated carbocycles. The van der Waals surface area contributed by atoms with Crippen molar-refractivity contribution < 1.29 is 23.9 Å². The van der Waals surface area contributed by atoms with E-state index in [4.69, 9.17) is 4.74 Å². The standard InChI is InChI=1S/C25H23NO5/c1-30-25(29)21-14-12-18(13-15-21)17-31-23(27)16-22(19-8-4-2-5-9-19)26-24(28)20-10-6-3-7-11-20/h2-15,22H,16-17H2,1H3,(H,26,28). The Morgan fingerprint density at radius 3 is 2.03 bits per heavy atom. The highest BCUT2D eigenvalue weighted by atomic mass is 16.5. The molecule has 0 heterocycles. The largest absolute Gasteiger partial charge is 0.465 e. The molecule has 1 amide bonds. The van der Waals surface area contributed by atoms with Gasteiger partial charge in [0, 0.05) is 5.56 Å². The van der Waals surface area contributed by atoms with Gasteiger partial charge in [-0.25, -0.2) is 4.79 Å². The first kappa shape index (κ1) is 21.8. The van der Waals surface area contributed by atoms with Gasteiger partial charge in [-0.2, -0.15) is 0 Å². The van der Waals surface area contributed by atoms with Crippen LogP contribution >= 0.6 is 0 Å². The van der Waals surface area contributed by atoms with Gasteiger partial charge in [-0.05, 0) is 35.4 Å². The van der Waals surface area contributed by atoms with Crippen LogP contribution in [0.5, 0.6) is 0 Å². The Morgan fingerprint density at radius 2 is 1.42 bits per heavy atom. The molecule has 3 aromatic rings. The number of rotatable bonds is 8. The molecule has 0 aliphatic carbocycles. The number of carbonyl (C=O) groups is 3. The second-order valence-electron chi connectivity index (χ2n) is 6.86. The summed E-state index contributed by atoms with van der Waals surface area (Å²) in [4.78, 5) is 36.6. The second kappa shape index (κ2) is 10.7. The van der Waals surface area contributed by atoms with E-state index in [1.807, 2.05) is 36.4 Å². The highest BCUT2D eigenvalue weighted by Gasteiger charge is 2.20. The Hall–Kier alpha value is -3.93. The summed E-state index contributed by atoms with van der Waals surface area (Å²) in [6.07, 6.45) is -0.0111. The molecule has 31 heavy (non-hydrogen) atoms. The third-order valence-corrected chi connectivity index (χ3v) is 4.69. The fourth-order valence-corrected chi connectivity index (χ4v) is 3.01. The molecule has 3 aromatic carbocycles. The number of nitrogens with one attached hydrogen (secondary N) is 1. The van der Waals surface area contributed by atoms with Crippen LogP contribution in [-0.4, -0.2) is 25.0 Å². The Morgan fingerprint density at radius 1 is 0.806 bits per heavy atom. The molecule has 0 radical (unpaired) electrons. The van der Waals surface area contributed by atoms with Crippen LogP contribution < -0.4 is 5.32 Å². The fourth-order valence-electron chi connectivity index (χ4n) is 3.01. The van der Waals surface area contributed by atoms with Gasteiger partial charge in [-0.3, -0.25) is 9.59 Å². The van der Waals surface area contributed by atoms with Crippen molar-refractivity contribution in [3.8, 4) is 0 Å². The third kappa shape index (κ3) is 6.27. The zero-order chi connectivity index (χ0) is 22.1. The van der Waals surface area contributed by atoms with Crippen LogP contribution in [0.3, 0.4) is 0 Å². The number of amides is 1. The van der Waals surface area contributed by atoms with Gasteiger partial charge in [0.1, 0.15) is 6.61 Å². The highest BCUT2D eigenvalue weighted by Crippen LogP contribution is 2.19. The lowest BCUT2D eigenvalue weighted by Crippen LogP contribution is -2.30. The minimum Gasteiger partial charge on any atom is -0.465 e. The summed E-state index contributed by atoms with van der Waals surface area (Å²) in [5.41, 5.74) is 2.49. The number of esters is 2. The predicted molar refractivity (Wildman–Crippen MR) is 115 cm³/mol. The number of methoxy groups -OCH3 is 1. The highest BCUT2D eigenvalue weighted by molar-refractivity contribution is 5.94. The van der Waals surface area contributed by atoms with E-state index in [9.17, 15) is 14.4 Å². The molecule has 1 N–H and O–H groups in total.